The second-order valence-corrected chi connectivity index (χ2v) is 4.17. The van der Waals surface area contributed by atoms with E-state index in [0.29, 0.717) is 6.04 Å². The van der Waals surface area contributed by atoms with Crippen LogP contribution in [0.4, 0.5) is 0 Å². The Kier molecular flexibility index (Phi) is 4.15. The smallest absolute Gasteiger partial charge is 0.00792 e. The van der Waals surface area contributed by atoms with Crippen molar-refractivity contribution in [2.24, 2.45) is 5.73 Å². The molecule has 0 radical (unpaired) electrons. The van der Waals surface area contributed by atoms with Crippen molar-refractivity contribution in [3.05, 3.63) is 34.9 Å². The maximum atomic E-state index is 6.00. The maximum Gasteiger partial charge on any atom is 0.00792 e. The predicted molar refractivity (Wildman–Crippen MR) is 62.5 cm³/mol. The summed E-state index contributed by atoms with van der Waals surface area (Å²) in [6.07, 6.45) is 3.30. The van der Waals surface area contributed by atoms with Crippen LogP contribution in [0.1, 0.15) is 36.5 Å². The van der Waals surface area contributed by atoms with Crippen LogP contribution < -0.4 is 5.73 Å². The van der Waals surface area contributed by atoms with Crippen molar-refractivity contribution in [2.75, 3.05) is 0 Å². The quantitative estimate of drug-likeness (QED) is 0.778. The summed E-state index contributed by atoms with van der Waals surface area (Å²) in [4.78, 5) is 0. The van der Waals surface area contributed by atoms with Crippen molar-refractivity contribution in [3.63, 3.8) is 0 Å². The first kappa shape index (κ1) is 11.3. The van der Waals surface area contributed by atoms with E-state index in [4.69, 9.17) is 5.73 Å². The van der Waals surface area contributed by atoms with Crippen LogP contribution in [0.5, 0.6) is 0 Å². The fraction of sp³-hybridized carbons (Fsp3) is 0.538. The summed E-state index contributed by atoms with van der Waals surface area (Å²) >= 11 is 0. The Balaban J connectivity index is 2.63. The normalized spacial score (nSPS) is 12.9. The summed E-state index contributed by atoms with van der Waals surface area (Å²) in [6.45, 7) is 6.48. The highest BCUT2D eigenvalue weighted by molar-refractivity contribution is 5.30. The Morgan fingerprint density at radius 3 is 2.50 bits per heavy atom. The van der Waals surface area contributed by atoms with Gasteiger partial charge in [-0.25, -0.2) is 0 Å². The summed E-state index contributed by atoms with van der Waals surface area (Å²) in [7, 11) is 0. The fourth-order valence-electron chi connectivity index (χ4n) is 1.71. The van der Waals surface area contributed by atoms with Gasteiger partial charge in [0.2, 0.25) is 0 Å². The summed E-state index contributed by atoms with van der Waals surface area (Å²) in [5, 5.41) is 0. The van der Waals surface area contributed by atoms with E-state index in [1.54, 1.807) is 0 Å². The molecule has 1 nitrogen and oxygen atoms in total. The van der Waals surface area contributed by atoms with E-state index < -0.39 is 0 Å². The van der Waals surface area contributed by atoms with E-state index in [0.717, 1.165) is 12.8 Å². The maximum absolute atomic E-state index is 6.00. The number of benzene rings is 1. The van der Waals surface area contributed by atoms with Gasteiger partial charge in [0.05, 0.1) is 0 Å². The van der Waals surface area contributed by atoms with Crippen molar-refractivity contribution in [1.29, 1.82) is 0 Å². The first-order valence-corrected chi connectivity index (χ1v) is 5.45. The highest BCUT2D eigenvalue weighted by atomic mass is 14.6. The topological polar surface area (TPSA) is 26.0 Å². The van der Waals surface area contributed by atoms with E-state index in [1.165, 1.54) is 23.1 Å². The van der Waals surface area contributed by atoms with E-state index >= 15 is 0 Å². The second kappa shape index (κ2) is 5.16. The Morgan fingerprint density at radius 2 is 1.93 bits per heavy atom. The van der Waals surface area contributed by atoms with Gasteiger partial charge in [0.25, 0.3) is 0 Å². The lowest BCUT2D eigenvalue weighted by molar-refractivity contribution is 0.600. The number of hydrogen-bond donors (Lipinski definition) is 1. The summed E-state index contributed by atoms with van der Waals surface area (Å²) < 4.78 is 0. The van der Waals surface area contributed by atoms with E-state index in [-0.39, 0.29) is 0 Å². The minimum absolute atomic E-state index is 0.321. The Labute approximate surface area is 87.3 Å². The van der Waals surface area contributed by atoms with Crippen LogP contribution in [0.25, 0.3) is 0 Å². The van der Waals surface area contributed by atoms with Gasteiger partial charge in [-0.2, -0.15) is 0 Å². The van der Waals surface area contributed by atoms with Crippen LogP contribution in [-0.4, -0.2) is 6.04 Å². The van der Waals surface area contributed by atoms with Gasteiger partial charge in [-0.1, -0.05) is 31.5 Å². The number of hydrogen-bond acceptors (Lipinski definition) is 1. The van der Waals surface area contributed by atoms with Crippen molar-refractivity contribution in [2.45, 2.75) is 46.1 Å². The molecule has 0 heterocycles. The molecule has 1 heteroatoms. The van der Waals surface area contributed by atoms with Crippen LogP contribution >= 0.6 is 0 Å². The van der Waals surface area contributed by atoms with Gasteiger partial charge < -0.3 is 5.73 Å². The van der Waals surface area contributed by atoms with Crippen molar-refractivity contribution >= 4 is 0 Å². The van der Waals surface area contributed by atoms with Crippen molar-refractivity contribution in [3.8, 4) is 0 Å². The molecule has 1 unspecified atom stereocenters. The zero-order valence-corrected chi connectivity index (χ0v) is 9.51. The zero-order valence-electron chi connectivity index (χ0n) is 9.51. The Bertz CT molecular complexity index is 291. The second-order valence-electron chi connectivity index (χ2n) is 4.17. The lowest BCUT2D eigenvalue weighted by atomic mass is 9.99. The minimum Gasteiger partial charge on any atom is -0.327 e. The molecule has 14 heavy (non-hydrogen) atoms. The van der Waals surface area contributed by atoms with Gasteiger partial charge in [0, 0.05) is 6.04 Å². The molecule has 1 rings (SSSR count). The standard InChI is InChI=1S/C13H21N/c1-4-5-13(14)9-12-7-6-10(2)11(3)8-12/h6-8,13H,4-5,9,14H2,1-3H3. The molecule has 1 aromatic carbocycles. The lowest BCUT2D eigenvalue weighted by Gasteiger charge is -2.11. The summed E-state index contributed by atoms with van der Waals surface area (Å²) in [5.74, 6) is 0. The van der Waals surface area contributed by atoms with Gasteiger partial charge in [0.1, 0.15) is 0 Å². The molecule has 0 aliphatic rings. The average molecular weight is 191 g/mol. The molecule has 0 spiro atoms. The third kappa shape index (κ3) is 3.15. The lowest BCUT2D eigenvalue weighted by Crippen LogP contribution is -2.22. The Hall–Kier alpha value is -0.820. The molecule has 2 N–H and O–H groups in total. The molecule has 0 amide bonds. The van der Waals surface area contributed by atoms with Crippen LogP contribution in [0.2, 0.25) is 0 Å². The van der Waals surface area contributed by atoms with Gasteiger partial charge in [-0.3, -0.25) is 0 Å². The molecule has 0 bridgehead atoms. The first-order valence-electron chi connectivity index (χ1n) is 5.45. The Morgan fingerprint density at radius 1 is 1.21 bits per heavy atom. The van der Waals surface area contributed by atoms with Crippen LogP contribution in [-0.2, 0) is 6.42 Å². The molecule has 0 aromatic heterocycles. The van der Waals surface area contributed by atoms with Crippen molar-refractivity contribution in [1.82, 2.24) is 0 Å². The fourth-order valence-corrected chi connectivity index (χ4v) is 1.71. The molecule has 78 valence electrons. The monoisotopic (exact) mass is 191 g/mol. The van der Waals surface area contributed by atoms with Gasteiger partial charge in [-0.15, -0.1) is 0 Å². The third-order valence-corrected chi connectivity index (χ3v) is 2.73. The van der Waals surface area contributed by atoms with Gasteiger partial charge >= 0.3 is 0 Å². The predicted octanol–water partition coefficient (Wildman–Crippen LogP) is 2.97. The van der Waals surface area contributed by atoms with E-state index in [9.17, 15) is 0 Å². The van der Waals surface area contributed by atoms with E-state index in [2.05, 4.69) is 39.0 Å². The van der Waals surface area contributed by atoms with Gasteiger partial charge in [-0.05, 0) is 43.4 Å². The molecule has 0 fully saturated rings. The van der Waals surface area contributed by atoms with E-state index in [1.807, 2.05) is 0 Å². The molecule has 0 aliphatic carbocycles. The number of rotatable bonds is 4. The first-order chi connectivity index (χ1) is 6.63. The van der Waals surface area contributed by atoms with Crippen LogP contribution in [0.15, 0.2) is 18.2 Å². The molecule has 0 saturated carbocycles. The van der Waals surface area contributed by atoms with Crippen LogP contribution in [0, 0.1) is 13.8 Å². The molecule has 0 saturated heterocycles. The molecule has 1 atom stereocenters. The molecular weight excluding hydrogens is 170 g/mol. The summed E-state index contributed by atoms with van der Waals surface area (Å²) in [5.41, 5.74) is 10.1. The highest BCUT2D eigenvalue weighted by Gasteiger charge is 2.03. The summed E-state index contributed by atoms with van der Waals surface area (Å²) in [6, 6.07) is 6.95. The van der Waals surface area contributed by atoms with Crippen molar-refractivity contribution < 1.29 is 0 Å². The largest absolute Gasteiger partial charge is 0.327 e. The molecule has 1 aromatic rings. The van der Waals surface area contributed by atoms with Gasteiger partial charge in [0.15, 0.2) is 0 Å². The third-order valence-electron chi connectivity index (χ3n) is 2.73. The molecule has 0 aliphatic heterocycles. The number of aryl methyl sites for hydroxylation is 2. The molecular formula is C13H21N. The van der Waals surface area contributed by atoms with Crippen LogP contribution in [0.3, 0.4) is 0 Å². The number of nitrogens with two attached hydrogens (primary N) is 1. The average Bonchev–Trinajstić information content (AvgIpc) is 2.12. The minimum atomic E-state index is 0.321. The SMILES string of the molecule is CCCC(N)Cc1ccc(C)c(C)c1. The zero-order chi connectivity index (χ0) is 10.6. The highest BCUT2D eigenvalue weighted by Crippen LogP contribution is 2.12.